The molecule has 1 aliphatic rings. The summed E-state index contributed by atoms with van der Waals surface area (Å²) >= 11 is 0. The third kappa shape index (κ3) is 2.97. The summed E-state index contributed by atoms with van der Waals surface area (Å²) in [7, 11) is -5.66. The van der Waals surface area contributed by atoms with Gasteiger partial charge < -0.3 is 4.18 Å². The fraction of sp³-hybridized carbons (Fsp3) is 0.412. The van der Waals surface area contributed by atoms with E-state index >= 15 is 0 Å². The Bertz CT molecular complexity index is 899. The Morgan fingerprint density at radius 2 is 1.79 bits per heavy atom. The Kier molecular flexibility index (Phi) is 3.82. The van der Waals surface area contributed by atoms with Gasteiger partial charge in [0.25, 0.3) is 0 Å². The van der Waals surface area contributed by atoms with Crippen LogP contribution in [0, 0.1) is 0 Å². The summed E-state index contributed by atoms with van der Waals surface area (Å²) in [6.45, 7) is 4.34. The maximum absolute atomic E-state index is 12.4. The highest BCUT2D eigenvalue weighted by Crippen LogP contribution is 2.39. The van der Waals surface area contributed by atoms with E-state index in [4.69, 9.17) is 0 Å². The molecule has 130 valence electrons. The molecule has 3 rings (SSSR count). The summed E-state index contributed by atoms with van der Waals surface area (Å²) in [6, 6.07) is 8.11. The second-order valence-corrected chi connectivity index (χ2v) is 8.28. The predicted octanol–water partition coefficient (Wildman–Crippen LogP) is 4.68. The van der Waals surface area contributed by atoms with Gasteiger partial charge in [0, 0.05) is 0 Å². The molecule has 0 amide bonds. The molecule has 0 aromatic heterocycles. The van der Waals surface area contributed by atoms with Gasteiger partial charge in [-0.25, -0.2) is 0 Å². The van der Waals surface area contributed by atoms with Gasteiger partial charge in [-0.1, -0.05) is 32.0 Å². The lowest BCUT2D eigenvalue weighted by molar-refractivity contribution is -0.0500. The third-order valence-electron chi connectivity index (χ3n) is 4.50. The maximum atomic E-state index is 12.4. The van der Waals surface area contributed by atoms with E-state index in [1.54, 1.807) is 6.07 Å². The van der Waals surface area contributed by atoms with Crippen molar-refractivity contribution in [1.82, 2.24) is 0 Å². The molecule has 0 spiro atoms. The summed E-state index contributed by atoms with van der Waals surface area (Å²) < 4.78 is 63.8. The Morgan fingerprint density at radius 3 is 2.46 bits per heavy atom. The molecule has 0 saturated heterocycles. The SMILES string of the molecule is CC1(C)CCCc2cc3cc(OS(=O)(=O)C(F)(F)F)ccc3cc21. The van der Waals surface area contributed by atoms with Crippen LogP contribution in [0.2, 0.25) is 0 Å². The Hall–Kier alpha value is -1.76. The van der Waals surface area contributed by atoms with Gasteiger partial charge in [0.15, 0.2) is 0 Å². The minimum atomic E-state index is -5.66. The molecule has 0 atom stereocenters. The topological polar surface area (TPSA) is 43.4 Å². The third-order valence-corrected chi connectivity index (χ3v) is 5.48. The van der Waals surface area contributed by atoms with Gasteiger partial charge in [-0.15, -0.1) is 0 Å². The second kappa shape index (κ2) is 5.37. The lowest BCUT2D eigenvalue weighted by atomic mass is 9.72. The number of halogens is 3. The Labute approximate surface area is 138 Å². The van der Waals surface area contributed by atoms with Gasteiger partial charge in [0.05, 0.1) is 0 Å². The number of fused-ring (bicyclic) bond motifs is 2. The second-order valence-electron chi connectivity index (χ2n) is 6.74. The monoisotopic (exact) mass is 358 g/mol. The predicted molar refractivity (Wildman–Crippen MR) is 85.5 cm³/mol. The standard InChI is InChI=1S/C17H17F3O3S/c1-16(2)7-3-4-12-8-13-9-14(6-5-11(13)10-15(12)16)23-24(21,22)17(18,19)20/h5-6,8-10H,3-4,7H2,1-2H3. The Balaban J connectivity index is 2.04. The number of hydrogen-bond donors (Lipinski definition) is 0. The zero-order valence-electron chi connectivity index (χ0n) is 13.3. The first-order valence-corrected chi connectivity index (χ1v) is 8.98. The molecule has 24 heavy (non-hydrogen) atoms. The van der Waals surface area contributed by atoms with Crippen molar-refractivity contribution in [3.05, 3.63) is 41.5 Å². The van der Waals surface area contributed by atoms with Gasteiger partial charge in [-0.3, -0.25) is 0 Å². The van der Waals surface area contributed by atoms with E-state index in [1.807, 2.05) is 12.1 Å². The van der Waals surface area contributed by atoms with E-state index in [2.05, 4.69) is 18.0 Å². The summed E-state index contributed by atoms with van der Waals surface area (Å²) in [5.74, 6) is -0.338. The van der Waals surface area contributed by atoms with E-state index in [-0.39, 0.29) is 11.2 Å². The van der Waals surface area contributed by atoms with Crippen molar-refractivity contribution in [3.63, 3.8) is 0 Å². The van der Waals surface area contributed by atoms with Gasteiger partial charge in [-0.2, -0.15) is 21.6 Å². The van der Waals surface area contributed by atoms with Gasteiger partial charge in [-0.05, 0) is 58.7 Å². The van der Waals surface area contributed by atoms with Gasteiger partial charge in [0.2, 0.25) is 0 Å². The average Bonchev–Trinajstić information content (AvgIpc) is 2.43. The lowest BCUT2D eigenvalue weighted by Gasteiger charge is -2.33. The first-order valence-electron chi connectivity index (χ1n) is 7.58. The highest BCUT2D eigenvalue weighted by Gasteiger charge is 2.48. The molecule has 3 nitrogen and oxygen atoms in total. The van der Waals surface area contributed by atoms with Crippen LogP contribution in [-0.4, -0.2) is 13.9 Å². The molecule has 0 fully saturated rings. The molecule has 2 aromatic carbocycles. The molecule has 0 unspecified atom stereocenters. The van der Waals surface area contributed by atoms with E-state index in [1.165, 1.54) is 17.7 Å². The van der Waals surface area contributed by atoms with Crippen LogP contribution >= 0.6 is 0 Å². The fourth-order valence-corrected chi connectivity index (χ4v) is 3.69. The normalized spacial score (nSPS) is 17.5. The van der Waals surface area contributed by atoms with Crippen molar-refractivity contribution in [3.8, 4) is 5.75 Å². The largest absolute Gasteiger partial charge is 0.534 e. The summed E-state index contributed by atoms with van der Waals surface area (Å²) in [5.41, 5.74) is -3.01. The number of rotatable bonds is 2. The van der Waals surface area contributed by atoms with Crippen LogP contribution in [0.1, 0.15) is 37.8 Å². The molecule has 7 heteroatoms. The van der Waals surface area contributed by atoms with Crippen LogP contribution in [-0.2, 0) is 22.0 Å². The Morgan fingerprint density at radius 1 is 1.08 bits per heavy atom. The first kappa shape index (κ1) is 17.1. The van der Waals surface area contributed by atoms with Crippen LogP contribution < -0.4 is 4.18 Å². The van der Waals surface area contributed by atoms with Gasteiger partial charge >= 0.3 is 15.6 Å². The molecule has 0 saturated carbocycles. The minimum absolute atomic E-state index is 0.0522. The molecule has 0 aliphatic heterocycles. The fourth-order valence-electron chi connectivity index (χ4n) is 3.24. The molecule has 1 aliphatic carbocycles. The van der Waals surface area contributed by atoms with E-state index in [9.17, 15) is 21.6 Å². The maximum Gasteiger partial charge on any atom is 0.534 e. The van der Waals surface area contributed by atoms with E-state index in [0.29, 0.717) is 5.39 Å². The molecule has 2 aromatic rings. The molecular formula is C17H17F3O3S. The van der Waals surface area contributed by atoms with E-state index < -0.39 is 15.6 Å². The van der Waals surface area contributed by atoms with Crippen molar-refractivity contribution in [2.75, 3.05) is 0 Å². The quantitative estimate of drug-likeness (QED) is 0.578. The molecule has 0 N–H and O–H groups in total. The number of alkyl halides is 3. The first-order chi connectivity index (χ1) is 11.0. The van der Waals surface area contributed by atoms with Crippen molar-refractivity contribution >= 4 is 20.9 Å². The van der Waals surface area contributed by atoms with Crippen molar-refractivity contribution < 1.29 is 25.8 Å². The van der Waals surface area contributed by atoms with Crippen LogP contribution in [0.4, 0.5) is 13.2 Å². The van der Waals surface area contributed by atoms with Crippen molar-refractivity contribution in [2.45, 2.75) is 44.0 Å². The molecule has 0 radical (unpaired) electrons. The van der Waals surface area contributed by atoms with Crippen molar-refractivity contribution in [2.24, 2.45) is 0 Å². The number of benzene rings is 2. The smallest absolute Gasteiger partial charge is 0.376 e. The van der Waals surface area contributed by atoms with Gasteiger partial charge in [0.1, 0.15) is 5.75 Å². The molecule has 0 bridgehead atoms. The molecular weight excluding hydrogens is 341 g/mol. The van der Waals surface area contributed by atoms with Crippen LogP contribution in [0.3, 0.4) is 0 Å². The zero-order valence-corrected chi connectivity index (χ0v) is 14.1. The lowest BCUT2D eigenvalue weighted by Crippen LogP contribution is -2.28. The van der Waals surface area contributed by atoms with Crippen LogP contribution in [0.15, 0.2) is 30.3 Å². The summed E-state index contributed by atoms with van der Waals surface area (Å²) in [5, 5.41) is 1.52. The zero-order chi connectivity index (χ0) is 17.8. The van der Waals surface area contributed by atoms with Crippen molar-refractivity contribution in [1.29, 1.82) is 0 Å². The number of hydrogen-bond acceptors (Lipinski definition) is 3. The van der Waals surface area contributed by atoms with E-state index in [0.717, 1.165) is 30.2 Å². The average molecular weight is 358 g/mol. The number of aryl methyl sites for hydroxylation is 1. The van der Waals surface area contributed by atoms with Crippen LogP contribution in [0.5, 0.6) is 5.75 Å². The van der Waals surface area contributed by atoms with Crippen LogP contribution in [0.25, 0.3) is 10.8 Å². The molecule has 0 heterocycles. The summed E-state index contributed by atoms with van der Waals surface area (Å²) in [4.78, 5) is 0. The minimum Gasteiger partial charge on any atom is -0.376 e. The highest BCUT2D eigenvalue weighted by atomic mass is 32.2. The summed E-state index contributed by atoms with van der Waals surface area (Å²) in [6.07, 6.45) is 3.03. The highest BCUT2D eigenvalue weighted by molar-refractivity contribution is 7.88.